The van der Waals surface area contributed by atoms with Crippen LogP contribution in [0.2, 0.25) is 0 Å². The van der Waals surface area contributed by atoms with Crippen LogP contribution >= 0.6 is 0 Å². The quantitative estimate of drug-likeness (QED) is 0.864. The predicted molar refractivity (Wildman–Crippen MR) is 65.9 cm³/mol. The van der Waals surface area contributed by atoms with Gasteiger partial charge in [-0.25, -0.2) is 9.97 Å². The maximum Gasteiger partial charge on any atom is 0.271 e. The van der Waals surface area contributed by atoms with Crippen molar-refractivity contribution in [3.63, 3.8) is 0 Å². The fourth-order valence-electron chi connectivity index (χ4n) is 1.56. The molecule has 0 aliphatic carbocycles. The highest BCUT2D eigenvalue weighted by atomic mass is 16.1. The van der Waals surface area contributed by atoms with Crippen molar-refractivity contribution in [3.8, 4) is 0 Å². The molecule has 94 valence electrons. The van der Waals surface area contributed by atoms with Crippen LogP contribution < -0.4 is 5.32 Å². The molecule has 2 aromatic heterocycles. The van der Waals surface area contributed by atoms with Gasteiger partial charge in [0.1, 0.15) is 5.69 Å². The van der Waals surface area contributed by atoms with Gasteiger partial charge >= 0.3 is 0 Å². The summed E-state index contributed by atoms with van der Waals surface area (Å²) < 4.78 is 1.91. The normalized spacial score (nSPS) is 12.1. The van der Waals surface area contributed by atoms with Crippen LogP contribution in [-0.2, 0) is 6.54 Å². The van der Waals surface area contributed by atoms with Gasteiger partial charge in [0.2, 0.25) is 0 Å². The van der Waals surface area contributed by atoms with Crippen molar-refractivity contribution in [1.82, 2.24) is 24.8 Å². The molecule has 2 heterocycles. The summed E-state index contributed by atoms with van der Waals surface area (Å²) in [6.45, 7) is 4.43. The first-order valence-electron chi connectivity index (χ1n) is 5.70. The molecule has 6 nitrogen and oxygen atoms in total. The predicted octanol–water partition coefficient (Wildman–Crippen LogP) is 0.800. The molecule has 1 atom stereocenters. The lowest BCUT2D eigenvalue weighted by molar-refractivity contribution is 0.0931. The topological polar surface area (TPSA) is 72.7 Å². The molecule has 0 aliphatic heterocycles. The Morgan fingerprint density at radius 3 is 2.89 bits per heavy atom. The van der Waals surface area contributed by atoms with Gasteiger partial charge in [0.05, 0.1) is 18.2 Å². The van der Waals surface area contributed by atoms with E-state index in [2.05, 4.69) is 20.3 Å². The van der Waals surface area contributed by atoms with Crippen molar-refractivity contribution < 1.29 is 4.79 Å². The van der Waals surface area contributed by atoms with E-state index in [1.807, 2.05) is 24.6 Å². The summed E-state index contributed by atoms with van der Waals surface area (Å²) in [7, 11) is 0. The van der Waals surface area contributed by atoms with E-state index in [1.54, 1.807) is 18.7 Å². The zero-order valence-electron chi connectivity index (χ0n) is 10.4. The van der Waals surface area contributed by atoms with Crippen molar-refractivity contribution >= 4 is 5.91 Å². The van der Waals surface area contributed by atoms with Crippen molar-refractivity contribution in [2.24, 2.45) is 0 Å². The number of carbonyl (C=O) groups is 1. The van der Waals surface area contributed by atoms with E-state index in [0.29, 0.717) is 12.2 Å². The van der Waals surface area contributed by atoms with E-state index >= 15 is 0 Å². The Bertz CT molecular complexity index is 506. The second kappa shape index (κ2) is 5.39. The molecule has 6 heteroatoms. The van der Waals surface area contributed by atoms with E-state index in [0.717, 1.165) is 5.69 Å². The van der Waals surface area contributed by atoms with Gasteiger partial charge in [-0.2, -0.15) is 0 Å². The second-order valence-electron chi connectivity index (χ2n) is 4.18. The number of imidazole rings is 1. The van der Waals surface area contributed by atoms with Gasteiger partial charge in [0, 0.05) is 31.2 Å². The monoisotopic (exact) mass is 245 g/mol. The standard InChI is InChI=1S/C12H15N5O/c1-9-5-15-11(6-14-9)12(18)16-10(2)7-17-4-3-13-8-17/h3-6,8,10H,7H2,1-2H3,(H,16,18). The molecule has 0 saturated heterocycles. The van der Waals surface area contributed by atoms with Gasteiger partial charge in [0.25, 0.3) is 5.91 Å². The second-order valence-corrected chi connectivity index (χ2v) is 4.18. The Morgan fingerprint density at radius 2 is 2.28 bits per heavy atom. The summed E-state index contributed by atoms with van der Waals surface area (Å²) in [6, 6.07) is -0.00481. The minimum atomic E-state index is -0.213. The fraction of sp³-hybridized carbons (Fsp3) is 0.333. The van der Waals surface area contributed by atoms with Crippen molar-refractivity contribution in [3.05, 3.63) is 42.5 Å². The summed E-state index contributed by atoms with van der Waals surface area (Å²) in [6.07, 6.45) is 8.34. The lowest BCUT2D eigenvalue weighted by atomic mass is 10.3. The highest BCUT2D eigenvalue weighted by Gasteiger charge is 2.11. The number of rotatable bonds is 4. The molecule has 1 N–H and O–H groups in total. The molecule has 1 unspecified atom stereocenters. The summed E-state index contributed by atoms with van der Waals surface area (Å²) in [5.41, 5.74) is 1.12. The highest BCUT2D eigenvalue weighted by molar-refractivity contribution is 5.92. The summed E-state index contributed by atoms with van der Waals surface area (Å²) in [5.74, 6) is -0.213. The van der Waals surface area contributed by atoms with E-state index < -0.39 is 0 Å². The zero-order valence-corrected chi connectivity index (χ0v) is 10.4. The molecular formula is C12H15N5O. The average Bonchev–Trinajstić information content (AvgIpc) is 2.82. The van der Waals surface area contributed by atoms with E-state index in [1.165, 1.54) is 6.20 Å². The number of carbonyl (C=O) groups excluding carboxylic acids is 1. The summed E-state index contributed by atoms with van der Waals surface area (Å²) in [4.78, 5) is 23.9. The van der Waals surface area contributed by atoms with Crippen LogP contribution in [-0.4, -0.2) is 31.5 Å². The van der Waals surface area contributed by atoms with Gasteiger partial charge in [-0.3, -0.25) is 9.78 Å². The molecule has 2 aromatic rings. The lowest BCUT2D eigenvalue weighted by Crippen LogP contribution is -2.36. The molecule has 0 spiro atoms. The van der Waals surface area contributed by atoms with Crippen LogP contribution in [0.4, 0.5) is 0 Å². The zero-order chi connectivity index (χ0) is 13.0. The van der Waals surface area contributed by atoms with Crippen LogP contribution in [0, 0.1) is 6.92 Å². The lowest BCUT2D eigenvalue weighted by Gasteiger charge is -2.13. The maximum atomic E-state index is 11.9. The Balaban J connectivity index is 1.92. The fourth-order valence-corrected chi connectivity index (χ4v) is 1.56. The highest BCUT2D eigenvalue weighted by Crippen LogP contribution is 1.97. The smallest absolute Gasteiger partial charge is 0.271 e. The number of aromatic nitrogens is 4. The van der Waals surface area contributed by atoms with Crippen molar-refractivity contribution in [1.29, 1.82) is 0 Å². The van der Waals surface area contributed by atoms with Crippen LogP contribution in [0.25, 0.3) is 0 Å². The molecule has 0 aromatic carbocycles. The van der Waals surface area contributed by atoms with Crippen LogP contribution in [0.1, 0.15) is 23.1 Å². The van der Waals surface area contributed by atoms with Crippen molar-refractivity contribution in [2.75, 3.05) is 0 Å². The minimum absolute atomic E-state index is 0.00481. The molecule has 18 heavy (non-hydrogen) atoms. The number of amides is 1. The summed E-state index contributed by atoms with van der Waals surface area (Å²) >= 11 is 0. The minimum Gasteiger partial charge on any atom is -0.346 e. The number of nitrogens with one attached hydrogen (secondary N) is 1. The summed E-state index contributed by atoms with van der Waals surface area (Å²) in [5, 5.41) is 2.86. The third kappa shape index (κ3) is 3.13. The third-order valence-electron chi connectivity index (χ3n) is 2.43. The Hall–Kier alpha value is -2.24. The van der Waals surface area contributed by atoms with E-state index in [4.69, 9.17) is 0 Å². The molecule has 0 fully saturated rings. The number of aryl methyl sites for hydroxylation is 1. The van der Waals surface area contributed by atoms with E-state index in [-0.39, 0.29) is 11.9 Å². The van der Waals surface area contributed by atoms with Gasteiger partial charge < -0.3 is 9.88 Å². The first kappa shape index (κ1) is 12.2. The first-order valence-corrected chi connectivity index (χ1v) is 5.70. The third-order valence-corrected chi connectivity index (χ3v) is 2.43. The molecule has 0 radical (unpaired) electrons. The van der Waals surface area contributed by atoms with Crippen LogP contribution in [0.3, 0.4) is 0 Å². The first-order chi connectivity index (χ1) is 8.65. The van der Waals surface area contributed by atoms with Crippen LogP contribution in [0.5, 0.6) is 0 Å². The number of nitrogens with zero attached hydrogens (tertiary/aromatic N) is 4. The largest absolute Gasteiger partial charge is 0.346 e. The maximum absolute atomic E-state index is 11.9. The molecule has 1 amide bonds. The van der Waals surface area contributed by atoms with Crippen LogP contribution in [0.15, 0.2) is 31.1 Å². The van der Waals surface area contributed by atoms with Gasteiger partial charge in [-0.05, 0) is 13.8 Å². The Labute approximate surface area is 105 Å². The average molecular weight is 245 g/mol. The van der Waals surface area contributed by atoms with Gasteiger partial charge in [-0.15, -0.1) is 0 Å². The van der Waals surface area contributed by atoms with Gasteiger partial charge in [-0.1, -0.05) is 0 Å². The molecule has 0 aliphatic rings. The Morgan fingerprint density at radius 1 is 1.44 bits per heavy atom. The SMILES string of the molecule is Cc1cnc(C(=O)NC(C)Cn2ccnc2)cn1. The van der Waals surface area contributed by atoms with Crippen molar-refractivity contribution in [2.45, 2.75) is 26.4 Å². The molecule has 2 rings (SSSR count). The number of hydrogen-bond acceptors (Lipinski definition) is 4. The Kier molecular flexibility index (Phi) is 3.66. The number of hydrogen-bond donors (Lipinski definition) is 1. The van der Waals surface area contributed by atoms with E-state index in [9.17, 15) is 4.79 Å². The molecule has 0 saturated carbocycles. The molecular weight excluding hydrogens is 230 g/mol. The van der Waals surface area contributed by atoms with Gasteiger partial charge in [0.15, 0.2) is 0 Å². The molecule has 0 bridgehead atoms.